The second-order valence-electron chi connectivity index (χ2n) is 5.64. The number of aromatic amines is 1. The van der Waals surface area contributed by atoms with Crippen LogP contribution in [0.5, 0.6) is 0 Å². The maximum absolute atomic E-state index is 12.1. The molecule has 1 aliphatic heterocycles. The van der Waals surface area contributed by atoms with Gasteiger partial charge in [0.2, 0.25) is 5.91 Å². The Morgan fingerprint density at radius 1 is 1.39 bits per heavy atom. The van der Waals surface area contributed by atoms with Gasteiger partial charge in [0.05, 0.1) is 23.8 Å². The number of anilines is 1. The Bertz CT molecular complexity index is 829. The number of hydrogen-bond donors (Lipinski definition) is 2. The summed E-state index contributed by atoms with van der Waals surface area (Å²) in [6.07, 6.45) is 3.94. The van der Waals surface area contributed by atoms with E-state index in [0.717, 1.165) is 28.9 Å². The fourth-order valence-electron chi connectivity index (χ4n) is 2.78. The van der Waals surface area contributed by atoms with E-state index in [1.807, 2.05) is 12.3 Å². The standard InChI is InChI=1S/C17H17N3O2S/c21-16(20-17-19-14-6-8-22-10-15(14)23-17)4-2-11-1-3-13-12(9-11)5-7-18-13/h1,3,5,7,9,18H,2,4,6,8,10H2,(H,19,20,21). The van der Waals surface area contributed by atoms with Crippen molar-refractivity contribution in [3.8, 4) is 0 Å². The molecule has 0 unspecified atom stereocenters. The Morgan fingerprint density at radius 3 is 3.26 bits per heavy atom. The Hall–Kier alpha value is -2.18. The average molecular weight is 327 g/mol. The van der Waals surface area contributed by atoms with Crippen molar-refractivity contribution in [2.24, 2.45) is 0 Å². The van der Waals surface area contributed by atoms with E-state index in [-0.39, 0.29) is 5.91 Å². The predicted molar refractivity (Wildman–Crippen MR) is 90.7 cm³/mol. The fraction of sp³-hybridized carbons (Fsp3) is 0.294. The molecule has 3 aromatic rings. The largest absolute Gasteiger partial charge is 0.375 e. The predicted octanol–water partition coefficient (Wildman–Crippen LogP) is 3.27. The molecule has 0 bridgehead atoms. The van der Waals surface area contributed by atoms with E-state index in [1.165, 1.54) is 22.3 Å². The highest BCUT2D eigenvalue weighted by Gasteiger charge is 2.16. The smallest absolute Gasteiger partial charge is 0.226 e. The number of hydrogen-bond acceptors (Lipinski definition) is 4. The van der Waals surface area contributed by atoms with Crippen LogP contribution in [0.3, 0.4) is 0 Å². The lowest BCUT2D eigenvalue weighted by molar-refractivity contribution is -0.116. The van der Waals surface area contributed by atoms with Gasteiger partial charge in [0.25, 0.3) is 0 Å². The third-order valence-electron chi connectivity index (χ3n) is 4.00. The van der Waals surface area contributed by atoms with Crippen LogP contribution < -0.4 is 5.32 Å². The number of aromatic nitrogens is 2. The number of H-pyrrole nitrogens is 1. The van der Waals surface area contributed by atoms with Crippen LogP contribution in [0.15, 0.2) is 30.5 Å². The van der Waals surface area contributed by atoms with Crippen molar-refractivity contribution in [2.45, 2.75) is 25.9 Å². The van der Waals surface area contributed by atoms with Crippen LogP contribution >= 0.6 is 11.3 Å². The minimum Gasteiger partial charge on any atom is -0.375 e. The first-order valence-corrected chi connectivity index (χ1v) is 8.52. The lowest BCUT2D eigenvalue weighted by Crippen LogP contribution is -2.12. The van der Waals surface area contributed by atoms with Gasteiger partial charge in [-0.05, 0) is 35.6 Å². The van der Waals surface area contributed by atoms with E-state index in [2.05, 4.69) is 33.5 Å². The van der Waals surface area contributed by atoms with E-state index in [9.17, 15) is 4.79 Å². The Morgan fingerprint density at radius 2 is 2.35 bits per heavy atom. The number of benzene rings is 1. The van der Waals surface area contributed by atoms with E-state index >= 15 is 0 Å². The Balaban J connectivity index is 1.37. The van der Waals surface area contributed by atoms with Crippen molar-refractivity contribution in [2.75, 3.05) is 11.9 Å². The molecule has 3 heterocycles. The van der Waals surface area contributed by atoms with Gasteiger partial charge in [0.1, 0.15) is 0 Å². The van der Waals surface area contributed by atoms with Gasteiger partial charge in [-0.15, -0.1) is 0 Å². The first-order chi connectivity index (χ1) is 11.3. The maximum atomic E-state index is 12.1. The van der Waals surface area contributed by atoms with Gasteiger partial charge in [0, 0.05) is 24.6 Å². The van der Waals surface area contributed by atoms with Gasteiger partial charge in [0.15, 0.2) is 5.13 Å². The number of amides is 1. The summed E-state index contributed by atoms with van der Waals surface area (Å²) in [7, 11) is 0. The minimum atomic E-state index is 0.00572. The lowest BCUT2D eigenvalue weighted by atomic mass is 10.1. The van der Waals surface area contributed by atoms with Gasteiger partial charge in [-0.25, -0.2) is 4.98 Å². The Labute approximate surface area is 137 Å². The van der Waals surface area contributed by atoms with Gasteiger partial charge < -0.3 is 15.0 Å². The number of carbonyl (C=O) groups is 1. The molecule has 5 nitrogen and oxygen atoms in total. The summed E-state index contributed by atoms with van der Waals surface area (Å²) in [6.45, 7) is 1.32. The van der Waals surface area contributed by atoms with Crippen molar-refractivity contribution in [3.05, 3.63) is 46.6 Å². The third-order valence-corrected chi connectivity index (χ3v) is 4.99. The van der Waals surface area contributed by atoms with Crippen LogP contribution in [0.25, 0.3) is 10.9 Å². The molecular formula is C17H17N3O2S. The molecule has 0 atom stereocenters. The normalized spacial score (nSPS) is 13.9. The zero-order valence-electron chi connectivity index (χ0n) is 12.6. The molecular weight excluding hydrogens is 310 g/mol. The molecule has 1 aliphatic rings. The molecule has 1 aromatic carbocycles. The van der Waals surface area contributed by atoms with Crippen LogP contribution in [0.2, 0.25) is 0 Å². The number of nitrogens with one attached hydrogen (secondary N) is 2. The molecule has 2 aromatic heterocycles. The molecule has 0 spiro atoms. The summed E-state index contributed by atoms with van der Waals surface area (Å²) in [5, 5.41) is 4.77. The van der Waals surface area contributed by atoms with Crippen molar-refractivity contribution >= 4 is 33.3 Å². The van der Waals surface area contributed by atoms with E-state index < -0.39 is 0 Å². The maximum Gasteiger partial charge on any atom is 0.226 e. The average Bonchev–Trinajstić information content (AvgIpc) is 3.18. The monoisotopic (exact) mass is 327 g/mol. The molecule has 0 saturated heterocycles. The molecule has 1 amide bonds. The summed E-state index contributed by atoms with van der Waals surface area (Å²) < 4.78 is 5.40. The van der Waals surface area contributed by atoms with Gasteiger partial charge in [-0.1, -0.05) is 17.4 Å². The second-order valence-corrected chi connectivity index (χ2v) is 6.72. The summed E-state index contributed by atoms with van der Waals surface area (Å²) in [4.78, 5) is 20.9. The quantitative estimate of drug-likeness (QED) is 0.773. The number of carbonyl (C=O) groups excluding carboxylic acids is 1. The molecule has 6 heteroatoms. The lowest BCUT2D eigenvalue weighted by Gasteiger charge is -2.08. The molecule has 0 radical (unpaired) electrons. The third kappa shape index (κ3) is 3.13. The van der Waals surface area contributed by atoms with Crippen LogP contribution in [0.4, 0.5) is 5.13 Å². The number of aryl methyl sites for hydroxylation is 1. The second kappa shape index (κ2) is 6.14. The molecule has 0 aliphatic carbocycles. The van der Waals surface area contributed by atoms with Gasteiger partial charge in [-0.3, -0.25) is 4.79 Å². The SMILES string of the molecule is O=C(CCc1ccc2[nH]ccc2c1)Nc1nc2c(s1)COCC2. The number of fused-ring (bicyclic) bond motifs is 2. The first kappa shape index (κ1) is 14.4. The van der Waals surface area contributed by atoms with Crippen molar-refractivity contribution < 1.29 is 9.53 Å². The molecule has 118 valence electrons. The molecule has 2 N–H and O–H groups in total. The van der Waals surface area contributed by atoms with E-state index in [0.29, 0.717) is 24.8 Å². The van der Waals surface area contributed by atoms with Gasteiger partial charge in [-0.2, -0.15) is 0 Å². The zero-order chi connectivity index (χ0) is 15.6. The van der Waals surface area contributed by atoms with Crippen LogP contribution in [0.1, 0.15) is 22.6 Å². The fourth-order valence-corrected chi connectivity index (χ4v) is 3.74. The number of thiazole rings is 1. The van der Waals surface area contributed by atoms with E-state index in [4.69, 9.17) is 4.74 Å². The number of rotatable bonds is 4. The summed E-state index contributed by atoms with van der Waals surface area (Å²) in [6, 6.07) is 8.28. The Kier molecular flexibility index (Phi) is 3.85. The number of nitrogens with zero attached hydrogens (tertiary/aromatic N) is 1. The summed E-state index contributed by atoms with van der Waals surface area (Å²) in [5.41, 5.74) is 3.35. The first-order valence-electron chi connectivity index (χ1n) is 7.70. The number of ether oxygens (including phenoxy) is 1. The van der Waals surface area contributed by atoms with Gasteiger partial charge >= 0.3 is 0 Å². The van der Waals surface area contributed by atoms with Crippen molar-refractivity contribution in [1.29, 1.82) is 0 Å². The highest BCUT2D eigenvalue weighted by molar-refractivity contribution is 7.15. The highest BCUT2D eigenvalue weighted by atomic mass is 32.1. The van der Waals surface area contributed by atoms with Crippen LogP contribution in [-0.4, -0.2) is 22.5 Å². The van der Waals surface area contributed by atoms with Crippen molar-refractivity contribution in [1.82, 2.24) is 9.97 Å². The molecule has 0 fully saturated rings. The summed E-state index contributed by atoms with van der Waals surface area (Å²) in [5.74, 6) is 0.00572. The topological polar surface area (TPSA) is 67.0 Å². The molecule has 4 rings (SSSR count). The zero-order valence-corrected chi connectivity index (χ0v) is 13.4. The van der Waals surface area contributed by atoms with Crippen molar-refractivity contribution in [3.63, 3.8) is 0 Å². The highest BCUT2D eigenvalue weighted by Crippen LogP contribution is 2.27. The summed E-state index contributed by atoms with van der Waals surface area (Å²) >= 11 is 1.52. The van der Waals surface area contributed by atoms with Crippen LogP contribution in [-0.2, 0) is 29.0 Å². The van der Waals surface area contributed by atoms with Crippen LogP contribution in [0, 0.1) is 0 Å². The van der Waals surface area contributed by atoms with E-state index in [1.54, 1.807) is 0 Å². The molecule has 23 heavy (non-hydrogen) atoms. The minimum absolute atomic E-state index is 0.00572. The molecule has 0 saturated carbocycles.